The zero-order valence-electron chi connectivity index (χ0n) is 8.77. The number of nitrogens with two attached hydrogens (primary N) is 1. The number of halogens is 2. The van der Waals surface area contributed by atoms with Crippen molar-refractivity contribution >= 4 is 40.3 Å². The number of benzene rings is 2. The monoisotopic (exact) mass is 265 g/mol. The van der Waals surface area contributed by atoms with E-state index in [1.165, 1.54) is 0 Å². The first-order valence-corrected chi connectivity index (χ1v) is 5.63. The Hall–Kier alpha value is -1.58. The van der Waals surface area contributed by atoms with E-state index in [9.17, 15) is 0 Å². The molecule has 0 aliphatic carbocycles. The number of azo groups is 1. The molecule has 0 aliphatic heterocycles. The van der Waals surface area contributed by atoms with Crippen LogP contribution < -0.4 is 5.73 Å². The second-order valence-corrected chi connectivity index (χ2v) is 4.23. The van der Waals surface area contributed by atoms with Crippen LogP contribution in [0.2, 0.25) is 10.0 Å². The first kappa shape index (κ1) is 11.9. The molecule has 0 bridgehead atoms. The Morgan fingerprint density at radius 1 is 0.882 bits per heavy atom. The molecule has 0 saturated heterocycles. The summed E-state index contributed by atoms with van der Waals surface area (Å²) in [6.45, 7) is 0. The van der Waals surface area contributed by atoms with E-state index in [0.29, 0.717) is 27.1 Å². The van der Waals surface area contributed by atoms with Gasteiger partial charge in [0.2, 0.25) is 0 Å². The molecule has 0 spiro atoms. The molecule has 0 fully saturated rings. The fraction of sp³-hybridized carbons (Fsp3) is 0. The van der Waals surface area contributed by atoms with Crippen molar-refractivity contribution in [1.82, 2.24) is 0 Å². The van der Waals surface area contributed by atoms with Crippen LogP contribution in [0.4, 0.5) is 17.1 Å². The van der Waals surface area contributed by atoms with Crippen LogP contribution in [0.15, 0.2) is 52.7 Å². The lowest BCUT2D eigenvalue weighted by Crippen LogP contribution is -1.80. The van der Waals surface area contributed by atoms with Gasteiger partial charge in [0.05, 0.1) is 10.7 Å². The van der Waals surface area contributed by atoms with E-state index < -0.39 is 0 Å². The fourth-order valence-electron chi connectivity index (χ4n) is 1.21. The Bertz CT molecular complexity index is 550. The summed E-state index contributed by atoms with van der Waals surface area (Å²) >= 11 is 11.7. The Labute approximate surface area is 109 Å². The van der Waals surface area contributed by atoms with E-state index in [-0.39, 0.29) is 0 Å². The maximum atomic E-state index is 5.96. The third kappa shape index (κ3) is 3.19. The van der Waals surface area contributed by atoms with Crippen molar-refractivity contribution in [1.29, 1.82) is 0 Å². The van der Waals surface area contributed by atoms with Gasteiger partial charge in [0.1, 0.15) is 5.69 Å². The minimum atomic E-state index is 0.469. The Morgan fingerprint density at radius 2 is 1.59 bits per heavy atom. The average Bonchev–Trinajstić information content (AvgIpc) is 2.30. The van der Waals surface area contributed by atoms with E-state index in [2.05, 4.69) is 10.2 Å². The van der Waals surface area contributed by atoms with Crippen molar-refractivity contribution in [3.8, 4) is 0 Å². The van der Waals surface area contributed by atoms with Gasteiger partial charge in [-0.2, -0.15) is 5.11 Å². The minimum absolute atomic E-state index is 0.469. The summed E-state index contributed by atoms with van der Waals surface area (Å²) in [6, 6.07) is 12.1. The van der Waals surface area contributed by atoms with E-state index in [4.69, 9.17) is 28.9 Å². The van der Waals surface area contributed by atoms with Crippen LogP contribution in [-0.2, 0) is 0 Å². The third-order valence-electron chi connectivity index (χ3n) is 2.08. The quantitative estimate of drug-likeness (QED) is 0.604. The van der Waals surface area contributed by atoms with Crippen LogP contribution in [0.3, 0.4) is 0 Å². The predicted molar refractivity (Wildman–Crippen MR) is 71.5 cm³/mol. The molecule has 0 amide bonds. The van der Waals surface area contributed by atoms with Crippen LogP contribution in [0.1, 0.15) is 0 Å². The van der Waals surface area contributed by atoms with Crippen LogP contribution in [0, 0.1) is 0 Å². The largest absolute Gasteiger partial charge is 0.399 e. The highest BCUT2D eigenvalue weighted by molar-refractivity contribution is 6.36. The van der Waals surface area contributed by atoms with Gasteiger partial charge in [-0.25, -0.2) is 0 Å². The van der Waals surface area contributed by atoms with Crippen molar-refractivity contribution in [3.63, 3.8) is 0 Å². The molecule has 0 aliphatic rings. The van der Waals surface area contributed by atoms with Gasteiger partial charge in [0, 0.05) is 10.7 Å². The van der Waals surface area contributed by atoms with Gasteiger partial charge in [-0.1, -0.05) is 23.2 Å². The SMILES string of the molecule is Nc1ccc(N=Nc2ccc(Cl)cc2Cl)cc1. The van der Waals surface area contributed by atoms with Gasteiger partial charge in [-0.3, -0.25) is 0 Å². The van der Waals surface area contributed by atoms with Crippen LogP contribution in [0.25, 0.3) is 0 Å². The molecule has 3 nitrogen and oxygen atoms in total. The predicted octanol–water partition coefficient (Wildman–Crippen LogP) is 4.99. The van der Waals surface area contributed by atoms with Gasteiger partial charge < -0.3 is 5.73 Å². The van der Waals surface area contributed by atoms with E-state index in [0.717, 1.165) is 0 Å². The molecule has 5 heteroatoms. The molecule has 2 N–H and O–H groups in total. The highest BCUT2D eigenvalue weighted by Crippen LogP contribution is 2.29. The molecular weight excluding hydrogens is 257 g/mol. The second-order valence-electron chi connectivity index (χ2n) is 3.39. The molecule has 0 saturated carbocycles. The number of nitrogens with zero attached hydrogens (tertiary/aromatic N) is 2. The molecule has 2 aromatic carbocycles. The van der Waals surface area contributed by atoms with E-state index in [1.807, 2.05) is 0 Å². The van der Waals surface area contributed by atoms with Gasteiger partial charge in [-0.15, -0.1) is 5.11 Å². The minimum Gasteiger partial charge on any atom is -0.399 e. The first-order valence-electron chi connectivity index (χ1n) is 4.87. The summed E-state index contributed by atoms with van der Waals surface area (Å²) in [6.07, 6.45) is 0. The van der Waals surface area contributed by atoms with Crippen molar-refractivity contribution in [3.05, 3.63) is 52.5 Å². The molecular formula is C12H9Cl2N3. The second kappa shape index (κ2) is 5.17. The highest BCUT2D eigenvalue weighted by atomic mass is 35.5. The molecule has 86 valence electrons. The van der Waals surface area contributed by atoms with Gasteiger partial charge in [0.15, 0.2) is 0 Å². The maximum absolute atomic E-state index is 5.96. The van der Waals surface area contributed by atoms with E-state index >= 15 is 0 Å². The number of anilines is 1. The summed E-state index contributed by atoms with van der Waals surface area (Å²) < 4.78 is 0. The van der Waals surface area contributed by atoms with Crippen molar-refractivity contribution < 1.29 is 0 Å². The molecule has 2 rings (SSSR count). The number of hydrogen-bond donors (Lipinski definition) is 1. The van der Waals surface area contributed by atoms with Crippen molar-refractivity contribution in [2.45, 2.75) is 0 Å². The molecule has 0 unspecified atom stereocenters. The first-order chi connectivity index (χ1) is 8.15. The van der Waals surface area contributed by atoms with Gasteiger partial charge in [-0.05, 0) is 42.5 Å². The zero-order chi connectivity index (χ0) is 12.3. The third-order valence-corrected chi connectivity index (χ3v) is 2.61. The number of hydrogen-bond acceptors (Lipinski definition) is 3. The topological polar surface area (TPSA) is 50.7 Å². The maximum Gasteiger partial charge on any atom is 0.104 e. The summed E-state index contributed by atoms with van der Waals surface area (Å²) in [5.74, 6) is 0. The highest BCUT2D eigenvalue weighted by Gasteiger charge is 1.99. The summed E-state index contributed by atoms with van der Waals surface area (Å²) in [5, 5.41) is 9.13. The standard InChI is InChI=1S/C12H9Cl2N3/c13-8-1-6-12(11(14)7-8)17-16-10-4-2-9(15)3-5-10/h1-7H,15H2. The molecule has 17 heavy (non-hydrogen) atoms. The molecule has 0 radical (unpaired) electrons. The lowest BCUT2D eigenvalue weighted by atomic mass is 10.3. The zero-order valence-corrected chi connectivity index (χ0v) is 10.3. The lowest BCUT2D eigenvalue weighted by molar-refractivity contribution is 1.23. The van der Waals surface area contributed by atoms with Crippen LogP contribution >= 0.6 is 23.2 Å². The van der Waals surface area contributed by atoms with Crippen molar-refractivity contribution in [2.24, 2.45) is 10.2 Å². The number of rotatable bonds is 2. The Morgan fingerprint density at radius 3 is 2.24 bits per heavy atom. The molecule has 0 atom stereocenters. The van der Waals surface area contributed by atoms with Crippen LogP contribution in [-0.4, -0.2) is 0 Å². The van der Waals surface area contributed by atoms with Gasteiger partial charge in [0.25, 0.3) is 0 Å². The van der Waals surface area contributed by atoms with Crippen molar-refractivity contribution in [2.75, 3.05) is 5.73 Å². The van der Waals surface area contributed by atoms with Crippen LogP contribution in [0.5, 0.6) is 0 Å². The lowest BCUT2D eigenvalue weighted by Gasteiger charge is -1.97. The molecule has 0 aromatic heterocycles. The number of nitrogen functional groups attached to an aromatic ring is 1. The van der Waals surface area contributed by atoms with Gasteiger partial charge >= 0.3 is 0 Å². The Kier molecular flexibility index (Phi) is 3.61. The Balaban J connectivity index is 2.23. The normalized spacial score (nSPS) is 10.9. The summed E-state index contributed by atoms with van der Waals surface area (Å²) in [4.78, 5) is 0. The van der Waals surface area contributed by atoms with E-state index in [1.54, 1.807) is 42.5 Å². The molecule has 2 aromatic rings. The fourth-order valence-corrected chi connectivity index (χ4v) is 1.66. The summed E-state index contributed by atoms with van der Waals surface area (Å²) in [7, 11) is 0. The summed E-state index contributed by atoms with van der Waals surface area (Å²) in [5.41, 5.74) is 7.54. The average molecular weight is 266 g/mol. The molecule has 0 heterocycles. The smallest absolute Gasteiger partial charge is 0.104 e.